The van der Waals surface area contributed by atoms with Crippen molar-refractivity contribution in [1.29, 1.82) is 0 Å². The highest BCUT2D eigenvalue weighted by Crippen LogP contribution is 2.29. The first-order valence-corrected chi connectivity index (χ1v) is 7.47. The molecule has 0 spiro atoms. The number of carbonyl (C=O) groups is 2. The summed E-state index contributed by atoms with van der Waals surface area (Å²) in [5.74, 6) is -0.736. The molecule has 0 aliphatic rings. The van der Waals surface area contributed by atoms with Gasteiger partial charge in [0, 0.05) is 0 Å². The lowest BCUT2D eigenvalue weighted by Gasteiger charge is -2.12. The summed E-state index contributed by atoms with van der Waals surface area (Å²) >= 11 is 0. The molecule has 0 saturated carbocycles. The summed E-state index contributed by atoms with van der Waals surface area (Å²) in [5, 5.41) is 2.55. The third-order valence-corrected chi connectivity index (χ3v) is 3.55. The molecule has 138 valence electrons. The van der Waals surface area contributed by atoms with Crippen LogP contribution in [0.2, 0.25) is 0 Å². The Kier molecular flexibility index (Phi) is 5.86. The van der Waals surface area contributed by atoms with E-state index in [4.69, 9.17) is 4.74 Å². The fourth-order valence-electron chi connectivity index (χ4n) is 2.23. The largest absolute Gasteiger partial charge is 0.497 e. The van der Waals surface area contributed by atoms with Gasteiger partial charge in [-0.25, -0.2) is 4.79 Å². The number of benzene rings is 2. The molecular weight excluding hydrogens is 351 g/mol. The number of esters is 1. The molecule has 5 nitrogen and oxygen atoms in total. The van der Waals surface area contributed by atoms with Crippen LogP contribution in [-0.4, -0.2) is 26.1 Å². The van der Waals surface area contributed by atoms with Gasteiger partial charge in [-0.2, -0.15) is 13.2 Å². The number of alkyl halides is 3. The van der Waals surface area contributed by atoms with Crippen molar-refractivity contribution in [2.45, 2.75) is 12.6 Å². The summed E-state index contributed by atoms with van der Waals surface area (Å²) in [5.41, 5.74) is -0.0596. The lowest BCUT2D eigenvalue weighted by atomic mass is 10.1. The van der Waals surface area contributed by atoms with Crippen molar-refractivity contribution in [2.75, 3.05) is 19.5 Å². The van der Waals surface area contributed by atoms with E-state index in [0.717, 1.165) is 12.1 Å². The normalized spacial score (nSPS) is 11.0. The van der Waals surface area contributed by atoms with Gasteiger partial charge < -0.3 is 14.8 Å². The number of hydrogen-bond acceptors (Lipinski definition) is 4. The first-order chi connectivity index (χ1) is 12.2. The summed E-state index contributed by atoms with van der Waals surface area (Å²) in [7, 11) is 2.63. The predicted molar refractivity (Wildman–Crippen MR) is 88.1 cm³/mol. The van der Waals surface area contributed by atoms with Gasteiger partial charge in [0.25, 0.3) is 0 Å². The second-order valence-electron chi connectivity index (χ2n) is 5.32. The quantitative estimate of drug-likeness (QED) is 0.819. The Bertz CT molecular complexity index is 801. The summed E-state index contributed by atoms with van der Waals surface area (Å²) in [6, 6.07) is 8.75. The zero-order chi connectivity index (χ0) is 19.3. The average Bonchev–Trinajstić information content (AvgIpc) is 2.61. The zero-order valence-electron chi connectivity index (χ0n) is 14.0. The first-order valence-electron chi connectivity index (χ1n) is 7.47. The Morgan fingerprint density at radius 1 is 1.04 bits per heavy atom. The molecule has 0 atom stereocenters. The molecule has 0 aliphatic carbocycles. The molecule has 1 N–H and O–H groups in total. The molecule has 2 rings (SSSR count). The minimum absolute atomic E-state index is 0.104. The lowest BCUT2D eigenvalue weighted by molar-refractivity contribution is -0.137. The summed E-state index contributed by atoms with van der Waals surface area (Å²) in [6.07, 6.45) is -4.58. The van der Waals surface area contributed by atoms with Crippen LogP contribution >= 0.6 is 0 Å². The molecule has 0 bridgehead atoms. The van der Waals surface area contributed by atoms with Crippen molar-refractivity contribution in [3.05, 3.63) is 59.2 Å². The summed E-state index contributed by atoms with van der Waals surface area (Å²) < 4.78 is 47.4. The van der Waals surface area contributed by atoms with Gasteiger partial charge in [0.2, 0.25) is 5.91 Å². The van der Waals surface area contributed by atoms with Gasteiger partial charge in [-0.1, -0.05) is 12.1 Å². The molecule has 0 aliphatic heterocycles. The van der Waals surface area contributed by atoms with Crippen molar-refractivity contribution in [3.63, 3.8) is 0 Å². The van der Waals surface area contributed by atoms with E-state index in [-0.39, 0.29) is 17.7 Å². The Labute approximate surface area is 147 Å². The van der Waals surface area contributed by atoms with Crippen molar-refractivity contribution in [2.24, 2.45) is 0 Å². The van der Waals surface area contributed by atoms with E-state index in [0.29, 0.717) is 11.3 Å². The smallest absolute Gasteiger partial charge is 0.416 e. The van der Waals surface area contributed by atoms with Crippen LogP contribution in [0, 0.1) is 0 Å². The molecule has 0 aromatic heterocycles. The molecule has 0 radical (unpaired) electrons. The Balaban J connectivity index is 2.13. The zero-order valence-corrected chi connectivity index (χ0v) is 14.0. The Morgan fingerprint density at radius 3 is 2.23 bits per heavy atom. The van der Waals surface area contributed by atoms with Crippen molar-refractivity contribution < 1.29 is 32.2 Å². The van der Waals surface area contributed by atoms with Gasteiger partial charge >= 0.3 is 12.1 Å². The van der Waals surface area contributed by atoms with Crippen LogP contribution in [0.1, 0.15) is 21.5 Å². The predicted octanol–water partition coefficient (Wildman–Crippen LogP) is 3.68. The minimum Gasteiger partial charge on any atom is -0.497 e. The number of methoxy groups -OCH3 is 2. The number of nitrogens with one attached hydrogen (secondary N) is 1. The van der Waals surface area contributed by atoms with Crippen LogP contribution in [0.3, 0.4) is 0 Å². The third-order valence-electron chi connectivity index (χ3n) is 3.55. The number of anilines is 1. The van der Waals surface area contributed by atoms with Crippen LogP contribution in [-0.2, 0) is 22.1 Å². The molecular formula is C18H16F3NO4. The molecule has 0 unspecified atom stereocenters. The van der Waals surface area contributed by atoms with Crippen LogP contribution in [0.5, 0.6) is 5.75 Å². The van der Waals surface area contributed by atoms with E-state index in [2.05, 4.69) is 10.1 Å². The molecule has 26 heavy (non-hydrogen) atoms. The monoisotopic (exact) mass is 367 g/mol. The number of hydrogen-bond donors (Lipinski definition) is 1. The maximum atomic E-state index is 12.6. The van der Waals surface area contributed by atoms with Crippen LogP contribution < -0.4 is 10.1 Å². The molecule has 2 aromatic rings. The maximum Gasteiger partial charge on any atom is 0.416 e. The van der Waals surface area contributed by atoms with Gasteiger partial charge in [0.15, 0.2) is 0 Å². The maximum absolute atomic E-state index is 12.6. The van der Waals surface area contributed by atoms with Gasteiger partial charge in [-0.3, -0.25) is 4.79 Å². The van der Waals surface area contributed by atoms with Crippen molar-refractivity contribution in [3.8, 4) is 5.75 Å². The molecule has 1 amide bonds. The van der Waals surface area contributed by atoms with Crippen LogP contribution in [0.25, 0.3) is 0 Å². The number of ether oxygens (including phenoxy) is 2. The fourth-order valence-corrected chi connectivity index (χ4v) is 2.23. The number of rotatable bonds is 5. The SMILES string of the molecule is COC(=O)c1cc(OC)ccc1NC(=O)Cc1ccc(C(F)(F)F)cc1. The van der Waals surface area contributed by atoms with Crippen molar-refractivity contribution >= 4 is 17.6 Å². The topological polar surface area (TPSA) is 64.6 Å². The molecule has 0 saturated heterocycles. The second kappa shape index (κ2) is 7.90. The highest BCUT2D eigenvalue weighted by Gasteiger charge is 2.30. The summed E-state index contributed by atoms with van der Waals surface area (Å²) in [6.45, 7) is 0. The van der Waals surface area contributed by atoms with Crippen LogP contribution in [0.4, 0.5) is 18.9 Å². The van der Waals surface area contributed by atoms with E-state index >= 15 is 0 Å². The van der Waals surface area contributed by atoms with E-state index in [1.165, 1.54) is 38.5 Å². The highest BCUT2D eigenvalue weighted by atomic mass is 19.4. The second-order valence-corrected chi connectivity index (χ2v) is 5.32. The molecule has 2 aromatic carbocycles. The number of amides is 1. The Hall–Kier alpha value is -3.03. The highest BCUT2D eigenvalue weighted by molar-refractivity contribution is 6.02. The van der Waals surface area contributed by atoms with Gasteiger partial charge in [0.05, 0.1) is 37.5 Å². The van der Waals surface area contributed by atoms with Gasteiger partial charge in [-0.15, -0.1) is 0 Å². The van der Waals surface area contributed by atoms with Gasteiger partial charge in [-0.05, 0) is 35.9 Å². The molecule has 0 fully saturated rings. The van der Waals surface area contributed by atoms with E-state index in [1.54, 1.807) is 6.07 Å². The first kappa shape index (κ1) is 19.3. The van der Waals surface area contributed by atoms with Crippen molar-refractivity contribution in [1.82, 2.24) is 0 Å². The van der Waals surface area contributed by atoms with E-state index in [1.807, 2.05) is 0 Å². The molecule has 8 heteroatoms. The molecule has 0 heterocycles. The minimum atomic E-state index is -4.43. The van der Waals surface area contributed by atoms with Crippen LogP contribution in [0.15, 0.2) is 42.5 Å². The standard InChI is InChI=1S/C18H16F3NO4/c1-25-13-7-8-15(14(10-13)17(24)26-2)22-16(23)9-11-3-5-12(6-4-11)18(19,20)21/h3-8,10H,9H2,1-2H3,(H,22,23). The average molecular weight is 367 g/mol. The fraction of sp³-hybridized carbons (Fsp3) is 0.222. The Morgan fingerprint density at radius 2 is 1.69 bits per heavy atom. The van der Waals surface area contributed by atoms with E-state index < -0.39 is 23.6 Å². The third kappa shape index (κ3) is 4.75. The lowest BCUT2D eigenvalue weighted by Crippen LogP contribution is -2.17. The van der Waals surface area contributed by atoms with Gasteiger partial charge in [0.1, 0.15) is 5.75 Å². The number of halogens is 3. The number of carbonyl (C=O) groups excluding carboxylic acids is 2. The summed E-state index contributed by atoms with van der Waals surface area (Å²) in [4.78, 5) is 24.0. The van der Waals surface area contributed by atoms with E-state index in [9.17, 15) is 22.8 Å².